The molecule has 2 aromatic rings. The first-order chi connectivity index (χ1) is 14.4. The SMILES string of the molecule is COC(=O)c1ccc(C(F)(F)F)nc1S(=O)(=O)N(C(N)=O)c1nc(OC)cc(OC)n1.[Na+]. The van der Waals surface area contributed by atoms with Crippen LogP contribution >= 0.6 is 0 Å². The Bertz CT molecular complexity index is 1110. The third kappa shape index (κ3) is 5.56. The number of methoxy groups -OCH3 is 3. The third-order valence-electron chi connectivity index (χ3n) is 3.51. The van der Waals surface area contributed by atoms with E-state index in [1.165, 1.54) is 0 Å². The van der Waals surface area contributed by atoms with E-state index in [1.807, 2.05) is 0 Å². The van der Waals surface area contributed by atoms with Crippen LogP contribution in [-0.4, -0.2) is 56.7 Å². The Hall–Kier alpha value is -2.69. The second kappa shape index (κ2) is 10.3. The molecule has 0 spiro atoms. The van der Waals surface area contributed by atoms with Gasteiger partial charge in [-0.2, -0.15) is 31.6 Å². The van der Waals surface area contributed by atoms with Gasteiger partial charge in [-0.25, -0.2) is 14.6 Å². The Morgan fingerprint density at radius 1 is 1.03 bits per heavy atom. The number of pyridine rings is 1. The summed E-state index contributed by atoms with van der Waals surface area (Å²) in [5.41, 5.74) is 2.59. The van der Waals surface area contributed by atoms with Crippen molar-refractivity contribution in [1.82, 2.24) is 15.0 Å². The summed E-state index contributed by atoms with van der Waals surface area (Å²) in [4.78, 5) is 34.3. The van der Waals surface area contributed by atoms with Gasteiger partial charge in [0.25, 0.3) is 16.0 Å². The van der Waals surface area contributed by atoms with Gasteiger partial charge in [0.1, 0.15) is 5.69 Å². The fourth-order valence-corrected chi connectivity index (χ4v) is 3.51. The standard InChI is InChI=1S/C15H14F3N5O7S.Na/c1-28-9-6-10(29-2)22-14(21-9)23(13(19)25)31(26,27)11-7(12(24)30-3)4-5-8(20-11)15(16,17)18;/h4-6H,1-3H3,(H2,19,25);/q;+1. The van der Waals surface area contributed by atoms with E-state index in [4.69, 9.17) is 15.2 Å². The molecule has 2 amide bonds. The van der Waals surface area contributed by atoms with Crippen molar-refractivity contribution in [2.45, 2.75) is 11.2 Å². The number of hydrogen-bond donors (Lipinski definition) is 1. The van der Waals surface area contributed by atoms with E-state index in [2.05, 4.69) is 19.7 Å². The van der Waals surface area contributed by atoms with Crippen molar-refractivity contribution >= 4 is 28.0 Å². The van der Waals surface area contributed by atoms with Crippen LogP contribution in [0, 0.1) is 0 Å². The zero-order chi connectivity index (χ0) is 23.6. The fourth-order valence-electron chi connectivity index (χ4n) is 2.16. The number of primary amides is 1. The number of nitrogens with zero attached hydrogens (tertiary/aromatic N) is 4. The van der Waals surface area contributed by atoms with Crippen molar-refractivity contribution in [2.75, 3.05) is 25.6 Å². The molecule has 0 radical (unpaired) electrons. The molecule has 12 nitrogen and oxygen atoms in total. The van der Waals surface area contributed by atoms with Crippen molar-refractivity contribution in [3.8, 4) is 11.8 Å². The van der Waals surface area contributed by atoms with Crippen LogP contribution in [0.25, 0.3) is 0 Å². The minimum atomic E-state index is -5.36. The Balaban J connectivity index is 0.00000512. The van der Waals surface area contributed by atoms with Crippen LogP contribution in [0.4, 0.5) is 23.9 Å². The van der Waals surface area contributed by atoms with Gasteiger partial charge in [0.2, 0.25) is 11.8 Å². The van der Waals surface area contributed by atoms with Crippen molar-refractivity contribution in [3.63, 3.8) is 0 Å². The number of anilines is 1. The van der Waals surface area contributed by atoms with Crippen LogP contribution in [-0.2, 0) is 20.9 Å². The number of rotatable bonds is 6. The summed E-state index contributed by atoms with van der Waals surface area (Å²) < 4.78 is 79.4. The molecule has 168 valence electrons. The zero-order valence-electron chi connectivity index (χ0n) is 17.0. The van der Waals surface area contributed by atoms with Crippen LogP contribution < -0.4 is 49.1 Å². The molecular formula is C15H14F3N5NaO7S+. The van der Waals surface area contributed by atoms with Gasteiger partial charge < -0.3 is 19.9 Å². The van der Waals surface area contributed by atoms with Gasteiger partial charge in [0, 0.05) is 0 Å². The van der Waals surface area contributed by atoms with E-state index in [-0.39, 0.29) is 45.6 Å². The maximum atomic E-state index is 13.1. The Kier molecular flexibility index (Phi) is 8.79. The van der Waals surface area contributed by atoms with Gasteiger partial charge in [-0.15, -0.1) is 4.31 Å². The summed E-state index contributed by atoms with van der Waals surface area (Å²) in [5, 5.41) is -1.46. The predicted molar refractivity (Wildman–Crippen MR) is 95.0 cm³/mol. The molecule has 2 heterocycles. The molecule has 2 N–H and O–H groups in total. The normalized spacial score (nSPS) is 11.2. The number of carbonyl (C=O) groups is 2. The maximum absolute atomic E-state index is 13.1. The van der Waals surface area contributed by atoms with E-state index in [0.29, 0.717) is 12.1 Å². The number of carbonyl (C=O) groups excluding carboxylic acids is 2. The van der Waals surface area contributed by atoms with Crippen LogP contribution in [0.15, 0.2) is 23.2 Å². The van der Waals surface area contributed by atoms with E-state index in [1.54, 1.807) is 0 Å². The number of sulfonamides is 1. The summed E-state index contributed by atoms with van der Waals surface area (Å²) >= 11 is 0. The summed E-state index contributed by atoms with van der Waals surface area (Å²) in [5.74, 6) is -2.81. The van der Waals surface area contributed by atoms with Gasteiger partial charge >= 0.3 is 47.7 Å². The smallest absolute Gasteiger partial charge is 0.481 e. The third-order valence-corrected chi connectivity index (χ3v) is 5.13. The van der Waals surface area contributed by atoms with E-state index in [9.17, 15) is 31.2 Å². The second-order valence-electron chi connectivity index (χ2n) is 5.40. The van der Waals surface area contributed by atoms with E-state index >= 15 is 0 Å². The molecule has 0 bridgehead atoms. The van der Waals surface area contributed by atoms with Crippen LogP contribution in [0.1, 0.15) is 16.1 Å². The number of alkyl halides is 3. The molecule has 0 unspecified atom stereocenters. The Labute approximate surface area is 201 Å². The van der Waals surface area contributed by atoms with Crippen molar-refractivity contribution in [3.05, 3.63) is 29.5 Å². The minimum absolute atomic E-state index is 0. The minimum Gasteiger partial charge on any atom is -0.481 e. The predicted octanol–water partition coefficient (Wildman–Crippen LogP) is -2.03. The number of urea groups is 1. The van der Waals surface area contributed by atoms with Crippen molar-refractivity contribution < 1.29 is 74.9 Å². The first-order valence-electron chi connectivity index (χ1n) is 7.85. The number of esters is 1. The van der Waals surface area contributed by atoms with Crippen LogP contribution in [0.3, 0.4) is 0 Å². The first-order valence-corrected chi connectivity index (χ1v) is 9.29. The average Bonchev–Trinajstić information content (AvgIpc) is 2.71. The number of amides is 2. The summed E-state index contributed by atoms with van der Waals surface area (Å²) in [7, 11) is -2.20. The molecule has 17 heteroatoms. The topological polar surface area (TPSA) is 164 Å². The number of nitrogens with two attached hydrogens (primary N) is 1. The molecule has 0 aromatic carbocycles. The van der Waals surface area contributed by atoms with Gasteiger partial charge in [-0.3, -0.25) is 0 Å². The van der Waals surface area contributed by atoms with E-state index in [0.717, 1.165) is 27.4 Å². The number of hydrogen-bond acceptors (Lipinski definition) is 10. The van der Waals surface area contributed by atoms with Crippen molar-refractivity contribution in [1.29, 1.82) is 0 Å². The molecular weight excluding hydrogens is 474 g/mol. The second-order valence-corrected chi connectivity index (χ2v) is 7.10. The number of halogens is 3. The van der Waals surface area contributed by atoms with Crippen LogP contribution in [0.2, 0.25) is 0 Å². The molecule has 0 aliphatic rings. The first kappa shape index (κ1) is 27.3. The largest absolute Gasteiger partial charge is 1.00 e. The van der Waals surface area contributed by atoms with Gasteiger partial charge in [0.15, 0.2) is 5.03 Å². The average molecular weight is 488 g/mol. The molecule has 0 atom stereocenters. The van der Waals surface area contributed by atoms with Gasteiger partial charge in [-0.05, 0) is 12.1 Å². The molecule has 32 heavy (non-hydrogen) atoms. The quantitative estimate of drug-likeness (QED) is 0.354. The Morgan fingerprint density at radius 2 is 1.56 bits per heavy atom. The summed E-state index contributed by atoms with van der Waals surface area (Å²) in [6, 6.07) is 0.300. The molecule has 0 aliphatic heterocycles. The fraction of sp³-hybridized carbons (Fsp3) is 0.267. The number of ether oxygens (including phenoxy) is 3. The van der Waals surface area contributed by atoms with E-state index < -0.39 is 50.4 Å². The van der Waals surface area contributed by atoms with Gasteiger partial charge in [-0.1, -0.05) is 0 Å². The molecule has 0 fully saturated rings. The maximum Gasteiger partial charge on any atom is 1.00 e. The Morgan fingerprint density at radius 3 is 1.97 bits per heavy atom. The molecule has 0 saturated carbocycles. The van der Waals surface area contributed by atoms with Crippen LogP contribution in [0.5, 0.6) is 11.8 Å². The molecule has 2 aromatic heterocycles. The zero-order valence-corrected chi connectivity index (χ0v) is 19.8. The molecule has 0 aliphatic carbocycles. The molecule has 2 rings (SSSR count). The van der Waals surface area contributed by atoms with Crippen molar-refractivity contribution in [2.24, 2.45) is 5.73 Å². The number of aromatic nitrogens is 3. The van der Waals surface area contributed by atoms with Gasteiger partial charge in [0.05, 0.1) is 33.0 Å². The monoisotopic (exact) mass is 488 g/mol. The molecule has 0 saturated heterocycles. The summed E-state index contributed by atoms with van der Waals surface area (Å²) in [6.07, 6.45) is -5.08. The summed E-state index contributed by atoms with van der Waals surface area (Å²) in [6.45, 7) is 0.